The molecular formula is C39H53N7O12S. The smallest absolute Gasteiger partial charge is 0.413 e. The number of ether oxygens (including phenoxy) is 5. The third kappa shape index (κ3) is 13.6. The van der Waals surface area contributed by atoms with Crippen LogP contribution in [0.15, 0.2) is 33.4 Å². The van der Waals surface area contributed by atoms with Gasteiger partial charge in [0.2, 0.25) is 17.3 Å². The molecule has 322 valence electrons. The number of pyridine rings is 1. The normalized spacial score (nSPS) is 15.6. The van der Waals surface area contributed by atoms with Crippen LogP contribution in [0.1, 0.15) is 111 Å². The largest absolute Gasteiger partial charge is 0.490 e. The molecule has 2 atom stereocenters. The number of oxime groups is 1. The first-order chi connectivity index (χ1) is 27.7. The SMILES string of the molecule is CCCCOc1cnc(-c2cc(C(=O)OC[C@H]3NC(=O)[C@H]3NC(=O)/C(=N\OC(C)(C)C(=O)OC(C)(C)C)c3csc(NC(=O)OC(C)(C)C)n3)on2)cc1OCCCC. The number of esters is 2. The molecule has 3 aromatic heterocycles. The van der Waals surface area contributed by atoms with Crippen LogP contribution in [0, 0.1) is 0 Å². The van der Waals surface area contributed by atoms with E-state index in [9.17, 15) is 24.0 Å². The van der Waals surface area contributed by atoms with Gasteiger partial charge in [-0.05, 0) is 68.2 Å². The summed E-state index contributed by atoms with van der Waals surface area (Å²) in [6, 6.07) is 0.975. The summed E-state index contributed by atoms with van der Waals surface area (Å²) in [5.74, 6) is -2.41. The van der Waals surface area contributed by atoms with Crippen molar-refractivity contribution in [1.82, 2.24) is 25.8 Å². The molecule has 59 heavy (non-hydrogen) atoms. The Labute approximate surface area is 346 Å². The fourth-order valence-corrected chi connectivity index (χ4v) is 5.44. The quantitative estimate of drug-likeness (QED) is 0.0333. The lowest BCUT2D eigenvalue weighted by Gasteiger charge is -2.36. The predicted molar refractivity (Wildman–Crippen MR) is 214 cm³/mol. The number of nitrogens with one attached hydrogen (secondary N) is 3. The minimum absolute atomic E-state index is 0.0600. The molecule has 0 aromatic carbocycles. The van der Waals surface area contributed by atoms with Gasteiger partial charge in [0.15, 0.2) is 22.3 Å². The third-order valence-electron chi connectivity index (χ3n) is 7.83. The number of unbranched alkanes of at least 4 members (excludes halogenated alkanes) is 2. The summed E-state index contributed by atoms with van der Waals surface area (Å²) in [5.41, 5.74) is -3.17. The lowest BCUT2D eigenvalue weighted by molar-refractivity contribution is -0.179. The van der Waals surface area contributed by atoms with Gasteiger partial charge < -0.3 is 43.7 Å². The molecule has 0 aliphatic carbocycles. The van der Waals surface area contributed by atoms with Gasteiger partial charge in [-0.15, -0.1) is 11.3 Å². The highest BCUT2D eigenvalue weighted by molar-refractivity contribution is 7.14. The molecule has 1 aliphatic rings. The minimum atomic E-state index is -1.66. The van der Waals surface area contributed by atoms with Crippen molar-refractivity contribution in [3.63, 3.8) is 0 Å². The van der Waals surface area contributed by atoms with E-state index in [0.717, 1.165) is 37.0 Å². The molecule has 1 fully saturated rings. The molecular weight excluding hydrogens is 791 g/mol. The van der Waals surface area contributed by atoms with E-state index in [-0.39, 0.29) is 28.9 Å². The van der Waals surface area contributed by atoms with Gasteiger partial charge >= 0.3 is 18.0 Å². The summed E-state index contributed by atoms with van der Waals surface area (Å²) in [6.07, 6.45) is 4.37. The molecule has 0 saturated carbocycles. The molecule has 0 radical (unpaired) electrons. The molecule has 3 amide bonds. The zero-order chi connectivity index (χ0) is 43.5. The number of rotatable bonds is 19. The number of hydrogen-bond donors (Lipinski definition) is 3. The highest BCUT2D eigenvalue weighted by atomic mass is 32.1. The van der Waals surface area contributed by atoms with Crippen LogP contribution in [0.25, 0.3) is 11.4 Å². The fourth-order valence-electron chi connectivity index (χ4n) is 4.76. The van der Waals surface area contributed by atoms with Crippen LogP contribution in [0.2, 0.25) is 0 Å². The van der Waals surface area contributed by atoms with Crippen molar-refractivity contribution >= 4 is 52.0 Å². The molecule has 3 aromatic rings. The number of amides is 3. The van der Waals surface area contributed by atoms with E-state index >= 15 is 0 Å². The average Bonchev–Trinajstić information content (AvgIpc) is 3.82. The molecule has 1 aliphatic heterocycles. The van der Waals surface area contributed by atoms with Gasteiger partial charge in [0.25, 0.3) is 5.91 Å². The number of thiazole rings is 1. The first-order valence-electron chi connectivity index (χ1n) is 19.2. The Morgan fingerprint density at radius 3 is 2.20 bits per heavy atom. The molecule has 1 saturated heterocycles. The maximum absolute atomic E-state index is 13.7. The van der Waals surface area contributed by atoms with E-state index in [0.29, 0.717) is 30.4 Å². The Balaban J connectivity index is 1.45. The van der Waals surface area contributed by atoms with Gasteiger partial charge in [-0.1, -0.05) is 37.0 Å². The number of carbonyl (C=O) groups excluding carboxylic acids is 5. The summed E-state index contributed by atoms with van der Waals surface area (Å²) in [5, 5.41) is 17.0. The van der Waals surface area contributed by atoms with E-state index in [1.165, 1.54) is 31.5 Å². The third-order valence-corrected chi connectivity index (χ3v) is 8.59. The maximum Gasteiger partial charge on any atom is 0.413 e. The number of carbonyl (C=O) groups is 5. The average molecular weight is 844 g/mol. The van der Waals surface area contributed by atoms with Crippen LogP contribution in [0.4, 0.5) is 9.93 Å². The van der Waals surface area contributed by atoms with Crippen molar-refractivity contribution in [1.29, 1.82) is 0 Å². The van der Waals surface area contributed by atoms with Crippen LogP contribution >= 0.6 is 11.3 Å². The lowest BCUT2D eigenvalue weighted by atomic mass is 9.99. The highest BCUT2D eigenvalue weighted by Crippen LogP contribution is 2.31. The summed E-state index contributed by atoms with van der Waals surface area (Å²) < 4.78 is 33.2. The zero-order valence-corrected chi connectivity index (χ0v) is 35.8. The van der Waals surface area contributed by atoms with Crippen LogP contribution in [-0.4, -0.2) is 99.4 Å². The van der Waals surface area contributed by atoms with E-state index in [1.807, 2.05) is 0 Å². The molecule has 0 spiro atoms. The molecule has 0 unspecified atom stereocenters. The number of aromatic nitrogens is 3. The number of nitrogens with zero attached hydrogens (tertiary/aromatic N) is 4. The molecule has 4 heterocycles. The van der Waals surface area contributed by atoms with E-state index < -0.39 is 64.4 Å². The van der Waals surface area contributed by atoms with Gasteiger partial charge in [-0.2, -0.15) is 0 Å². The Bertz CT molecular complexity index is 2000. The summed E-state index contributed by atoms with van der Waals surface area (Å²) in [7, 11) is 0. The Hall–Kier alpha value is -5.79. The Morgan fingerprint density at radius 2 is 1.58 bits per heavy atom. The first-order valence-corrected chi connectivity index (χ1v) is 20.0. The van der Waals surface area contributed by atoms with Crippen LogP contribution in [0.3, 0.4) is 0 Å². The molecule has 0 bridgehead atoms. The van der Waals surface area contributed by atoms with Crippen molar-refractivity contribution in [2.45, 2.75) is 124 Å². The van der Waals surface area contributed by atoms with Crippen molar-refractivity contribution in [2.24, 2.45) is 5.16 Å². The van der Waals surface area contributed by atoms with Gasteiger partial charge in [0, 0.05) is 17.5 Å². The number of β-lactam (4-membered cyclic amide) rings is 1. The van der Waals surface area contributed by atoms with Gasteiger partial charge in [0.1, 0.15) is 35.2 Å². The second-order valence-corrected chi connectivity index (χ2v) is 16.7. The second kappa shape index (κ2) is 19.8. The van der Waals surface area contributed by atoms with Crippen LogP contribution < -0.4 is 25.4 Å². The summed E-state index contributed by atoms with van der Waals surface area (Å²) >= 11 is 0.957. The van der Waals surface area contributed by atoms with Crippen LogP contribution in [0.5, 0.6) is 11.5 Å². The minimum Gasteiger partial charge on any atom is -0.490 e. The molecule has 20 heteroatoms. The van der Waals surface area contributed by atoms with Gasteiger partial charge in [-0.25, -0.2) is 19.4 Å². The number of hydrogen-bond acceptors (Lipinski definition) is 17. The highest BCUT2D eigenvalue weighted by Gasteiger charge is 2.43. The topological polar surface area (TPSA) is 241 Å². The van der Waals surface area contributed by atoms with Crippen molar-refractivity contribution < 1.29 is 57.0 Å². The fraction of sp³-hybridized carbons (Fsp3) is 0.564. The standard InChI is InChI=1S/C39H53N7O12S/c1-11-13-15-52-26-17-22(40-19-28(26)53-16-14-12-2)23-18-27(57-45-23)33(49)54-20-24-29(31(47)41-24)43-32(48)30(46-58-39(9,10)34(50)55-37(3,4)5)25-21-59-35(42-25)44-36(51)56-38(6,7)8/h17-19,21,24,29H,11-16,20H2,1-10H3,(H,41,47)(H,43,48)(H,42,44,51)/b46-30-/t24-,29+/m1/s1. The van der Waals surface area contributed by atoms with E-state index in [4.69, 9.17) is 33.0 Å². The lowest BCUT2D eigenvalue weighted by Crippen LogP contribution is -2.71. The molecule has 4 rings (SSSR count). The predicted octanol–water partition coefficient (Wildman–Crippen LogP) is 5.58. The Morgan fingerprint density at radius 1 is 0.915 bits per heavy atom. The van der Waals surface area contributed by atoms with Gasteiger partial charge in [0.05, 0.1) is 31.1 Å². The summed E-state index contributed by atoms with van der Waals surface area (Å²) in [6.45, 7) is 17.7. The van der Waals surface area contributed by atoms with E-state index in [2.05, 4.69) is 50.1 Å². The van der Waals surface area contributed by atoms with Crippen molar-refractivity contribution in [3.05, 3.63) is 35.2 Å². The summed E-state index contributed by atoms with van der Waals surface area (Å²) in [4.78, 5) is 78.9. The van der Waals surface area contributed by atoms with Crippen molar-refractivity contribution in [2.75, 3.05) is 25.1 Å². The van der Waals surface area contributed by atoms with Gasteiger partial charge in [-0.3, -0.25) is 19.9 Å². The Kier molecular flexibility index (Phi) is 15.4. The molecule has 3 N–H and O–H groups in total. The molecule has 19 nitrogen and oxygen atoms in total. The first kappa shape index (κ1) is 45.9. The second-order valence-electron chi connectivity index (χ2n) is 15.9. The van der Waals surface area contributed by atoms with E-state index in [1.54, 1.807) is 47.6 Å². The maximum atomic E-state index is 13.7. The zero-order valence-electron chi connectivity index (χ0n) is 35.0. The monoisotopic (exact) mass is 843 g/mol. The number of anilines is 1. The van der Waals surface area contributed by atoms with Crippen LogP contribution in [-0.2, 0) is 33.4 Å². The van der Waals surface area contributed by atoms with Crippen molar-refractivity contribution in [3.8, 4) is 22.9 Å².